The van der Waals surface area contributed by atoms with Crippen molar-refractivity contribution in [2.45, 2.75) is 25.5 Å². The van der Waals surface area contributed by atoms with Gasteiger partial charge in [0.15, 0.2) is 5.96 Å². The lowest BCUT2D eigenvalue weighted by Gasteiger charge is -2.41. The summed E-state index contributed by atoms with van der Waals surface area (Å²) in [4.78, 5) is 6.71. The van der Waals surface area contributed by atoms with Crippen molar-refractivity contribution in [1.29, 1.82) is 0 Å². The lowest BCUT2D eigenvalue weighted by atomic mass is 10.0. The highest BCUT2D eigenvalue weighted by molar-refractivity contribution is 5.79. The standard InChI is InChI=1S/C19H31FN4O2/c1-19(2,24-9-11-26-12-10-24)14-23-18(21-3)22-13-17(25-4)15-5-7-16(20)8-6-15/h5-8,17H,9-14H2,1-4H3,(H2,21,22,23). The molecule has 0 aromatic heterocycles. The quantitative estimate of drug-likeness (QED) is 0.569. The van der Waals surface area contributed by atoms with Crippen LogP contribution in [0.2, 0.25) is 0 Å². The van der Waals surface area contributed by atoms with Crippen molar-refractivity contribution in [1.82, 2.24) is 15.5 Å². The van der Waals surface area contributed by atoms with Crippen LogP contribution in [0.25, 0.3) is 0 Å². The average Bonchev–Trinajstić information content (AvgIpc) is 2.66. The number of morpholine rings is 1. The number of methoxy groups -OCH3 is 1. The highest BCUT2D eigenvalue weighted by atomic mass is 19.1. The van der Waals surface area contributed by atoms with Gasteiger partial charge in [0.05, 0.1) is 19.3 Å². The van der Waals surface area contributed by atoms with E-state index in [4.69, 9.17) is 9.47 Å². The summed E-state index contributed by atoms with van der Waals surface area (Å²) in [5.74, 6) is 0.467. The maximum Gasteiger partial charge on any atom is 0.191 e. The molecule has 0 bridgehead atoms. The highest BCUT2D eigenvalue weighted by Crippen LogP contribution is 2.17. The van der Waals surface area contributed by atoms with Gasteiger partial charge in [0, 0.05) is 45.9 Å². The van der Waals surface area contributed by atoms with Gasteiger partial charge in [-0.3, -0.25) is 9.89 Å². The molecule has 146 valence electrons. The number of halogens is 1. The molecule has 0 amide bonds. The number of benzene rings is 1. The first kappa shape index (κ1) is 20.6. The summed E-state index contributed by atoms with van der Waals surface area (Å²) in [6.45, 7) is 9.19. The summed E-state index contributed by atoms with van der Waals surface area (Å²) in [6.07, 6.45) is -0.179. The summed E-state index contributed by atoms with van der Waals surface area (Å²) in [6, 6.07) is 6.37. The van der Waals surface area contributed by atoms with E-state index in [2.05, 4.69) is 34.4 Å². The van der Waals surface area contributed by atoms with Crippen LogP contribution in [0.15, 0.2) is 29.3 Å². The molecule has 1 heterocycles. The molecule has 1 saturated heterocycles. The zero-order chi connectivity index (χ0) is 19.0. The van der Waals surface area contributed by atoms with E-state index in [1.165, 1.54) is 12.1 Å². The second-order valence-corrected chi connectivity index (χ2v) is 6.99. The van der Waals surface area contributed by atoms with E-state index in [0.29, 0.717) is 6.54 Å². The van der Waals surface area contributed by atoms with Crippen molar-refractivity contribution in [2.24, 2.45) is 4.99 Å². The molecule has 1 aromatic rings. The Morgan fingerprint density at radius 2 is 1.92 bits per heavy atom. The van der Waals surface area contributed by atoms with Crippen molar-refractivity contribution >= 4 is 5.96 Å². The maximum absolute atomic E-state index is 13.1. The first-order valence-electron chi connectivity index (χ1n) is 9.02. The molecule has 26 heavy (non-hydrogen) atoms. The molecule has 0 saturated carbocycles. The van der Waals surface area contributed by atoms with Crippen molar-refractivity contribution in [3.8, 4) is 0 Å². The SMILES string of the molecule is CN=C(NCC(OC)c1ccc(F)cc1)NCC(C)(C)N1CCOCC1. The molecule has 1 atom stereocenters. The van der Waals surface area contributed by atoms with E-state index in [9.17, 15) is 4.39 Å². The normalized spacial score (nSPS) is 17.8. The van der Waals surface area contributed by atoms with Gasteiger partial charge in [0.1, 0.15) is 5.82 Å². The van der Waals surface area contributed by atoms with E-state index in [-0.39, 0.29) is 17.5 Å². The van der Waals surface area contributed by atoms with E-state index in [1.54, 1.807) is 26.3 Å². The minimum Gasteiger partial charge on any atom is -0.379 e. The third-order valence-electron chi connectivity index (χ3n) is 4.76. The Balaban J connectivity index is 1.85. The van der Waals surface area contributed by atoms with Crippen LogP contribution in [0.1, 0.15) is 25.5 Å². The van der Waals surface area contributed by atoms with Gasteiger partial charge < -0.3 is 20.1 Å². The fourth-order valence-corrected chi connectivity index (χ4v) is 3.01. The van der Waals surface area contributed by atoms with Gasteiger partial charge in [0.2, 0.25) is 0 Å². The summed E-state index contributed by atoms with van der Waals surface area (Å²) in [7, 11) is 3.39. The molecule has 1 aliphatic rings. The molecule has 2 N–H and O–H groups in total. The summed E-state index contributed by atoms with van der Waals surface area (Å²) < 4.78 is 24.0. The number of hydrogen-bond acceptors (Lipinski definition) is 4. The summed E-state index contributed by atoms with van der Waals surface area (Å²) in [5.41, 5.74) is 0.921. The Morgan fingerprint density at radius 1 is 1.27 bits per heavy atom. The zero-order valence-electron chi connectivity index (χ0n) is 16.2. The monoisotopic (exact) mass is 366 g/mol. The number of aliphatic imine (C=N–C) groups is 1. The highest BCUT2D eigenvalue weighted by Gasteiger charge is 2.28. The molecule has 0 radical (unpaired) electrons. The molecular weight excluding hydrogens is 335 g/mol. The number of nitrogens with zero attached hydrogens (tertiary/aromatic N) is 2. The van der Waals surface area contributed by atoms with Gasteiger partial charge in [-0.1, -0.05) is 12.1 Å². The minimum absolute atomic E-state index is 0.000978. The summed E-state index contributed by atoms with van der Waals surface area (Å²) >= 11 is 0. The second kappa shape index (κ2) is 9.85. The lowest BCUT2D eigenvalue weighted by Crippen LogP contribution is -2.56. The van der Waals surface area contributed by atoms with Gasteiger partial charge in [0.25, 0.3) is 0 Å². The molecule has 7 heteroatoms. The van der Waals surface area contributed by atoms with E-state index in [0.717, 1.165) is 44.4 Å². The molecule has 2 rings (SSSR count). The number of ether oxygens (including phenoxy) is 2. The average molecular weight is 366 g/mol. The topological polar surface area (TPSA) is 58.1 Å². The van der Waals surface area contributed by atoms with Crippen LogP contribution in [0.5, 0.6) is 0 Å². The summed E-state index contributed by atoms with van der Waals surface area (Å²) in [5, 5.41) is 6.67. The Labute approximate surface area is 155 Å². The number of hydrogen-bond donors (Lipinski definition) is 2. The largest absolute Gasteiger partial charge is 0.379 e. The van der Waals surface area contributed by atoms with Crippen LogP contribution in [-0.2, 0) is 9.47 Å². The van der Waals surface area contributed by atoms with Gasteiger partial charge in [-0.05, 0) is 31.5 Å². The Morgan fingerprint density at radius 3 is 2.50 bits per heavy atom. The Bertz CT molecular complexity index is 571. The van der Waals surface area contributed by atoms with Crippen LogP contribution < -0.4 is 10.6 Å². The third-order valence-corrected chi connectivity index (χ3v) is 4.76. The lowest BCUT2D eigenvalue weighted by molar-refractivity contribution is -0.00835. The van der Waals surface area contributed by atoms with Gasteiger partial charge in [-0.25, -0.2) is 4.39 Å². The van der Waals surface area contributed by atoms with Crippen molar-refractivity contribution < 1.29 is 13.9 Å². The minimum atomic E-state index is -0.251. The Hall–Kier alpha value is -1.70. The van der Waals surface area contributed by atoms with Crippen LogP contribution in [0.4, 0.5) is 4.39 Å². The van der Waals surface area contributed by atoms with Crippen LogP contribution in [0.3, 0.4) is 0 Å². The predicted molar refractivity (Wildman–Crippen MR) is 102 cm³/mol. The fraction of sp³-hybridized carbons (Fsp3) is 0.632. The molecule has 1 fully saturated rings. The van der Waals surface area contributed by atoms with Gasteiger partial charge in [-0.2, -0.15) is 0 Å². The Kier molecular flexibility index (Phi) is 7.81. The van der Waals surface area contributed by atoms with Crippen LogP contribution >= 0.6 is 0 Å². The zero-order valence-corrected chi connectivity index (χ0v) is 16.2. The van der Waals surface area contributed by atoms with Crippen molar-refractivity contribution in [3.63, 3.8) is 0 Å². The number of rotatable bonds is 7. The van der Waals surface area contributed by atoms with E-state index >= 15 is 0 Å². The fourth-order valence-electron chi connectivity index (χ4n) is 3.01. The molecule has 1 aromatic carbocycles. The smallest absolute Gasteiger partial charge is 0.191 e. The van der Waals surface area contributed by atoms with Crippen molar-refractivity contribution in [3.05, 3.63) is 35.6 Å². The maximum atomic E-state index is 13.1. The first-order chi connectivity index (χ1) is 12.5. The number of nitrogens with one attached hydrogen (secondary N) is 2. The molecule has 6 nitrogen and oxygen atoms in total. The van der Waals surface area contributed by atoms with E-state index in [1.807, 2.05) is 0 Å². The molecule has 0 spiro atoms. The van der Waals surface area contributed by atoms with E-state index < -0.39 is 0 Å². The van der Waals surface area contributed by atoms with Gasteiger partial charge >= 0.3 is 0 Å². The van der Waals surface area contributed by atoms with Crippen LogP contribution in [0, 0.1) is 5.82 Å². The van der Waals surface area contributed by atoms with Crippen molar-refractivity contribution in [2.75, 3.05) is 53.6 Å². The molecular formula is C19H31FN4O2. The first-order valence-corrected chi connectivity index (χ1v) is 9.02. The molecule has 1 aliphatic heterocycles. The predicted octanol–water partition coefficient (Wildman–Crippen LogP) is 1.79. The van der Waals surface area contributed by atoms with Crippen LogP contribution in [-0.4, -0.2) is 69.9 Å². The van der Waals surface area contributed by atoms with Gasteiger partial charge in [-0.15, -0.1) is 0 Å². The molecule has 0 aliphatic carbocycles. The second-order valence-electron chi connectivity index (χ2n) is 6.99. The number of guanidine groups is 1. The molecule has 1 unspecified atom stereocenters. The third kappa shape index (κ3) is 5.93.